The van der Waals surface area contributed by atoms with Crippen LogP contribution in [0.3, 0.4) is 0 Å². The molecule has 2 fully saturated rings. The summed E-state index contributed by atoms with van der Waals surface area (Å²) < 4.78 is 11.4. The van der Waals surface area contributed by atoms with E-state index < -0.39 is 0 Å². The topological polar surface area (TPSA) is 59.6 Å². The molecule has 0 aromatic heterocycles. The van der Waals surface area contributed by atoms with Gasteiger partial charge in [-0.25, -0.2) is 0 Å². The van der Waals surface area contributed by atoms with Gasteiger partial charge in [0.05, 0.1) is 25.5 Å². The molecule has 0 radical (unpaired) electrons. The molecule has 1 aliphatic heterocycles. The Kier molecular flexibility index (Phi) is 5.74. The Labute approximate surface area is 144 Å². The highest BCUT2D eigenvalue weighted by molar-refractivity contribution is 5.93. The largest absolute Gasteiger partial charge is 0.495 e. The van der Waals surface area contributed by atoms with Gasteiger partial charge in [0.1, 0.15) is 5.75 Å². The number of carbonyl (C=O) groups excluding carboxylic acids is 1. The van der Waals surface area contributed by atoms with Crippen LogP contribution in [0, 0.1) is 12.8 Å². The number of nitrogens with one attached hydrogen (secondary N) is 2. The molecular formula is C19H28N2O3. The monoisotopic (exact) mass is 332 g/mol. The van der Waals surface area contributed by atoms with Crippen LogP contribution in [-0.2, 0) is 9.53 Å². The van der Waals surface area contributed by atoms with Gasteiger partial charge in [0.15, 0.2) is 0 Å². The quantitative estimate of drug-likeness (QED) is 0.869. The van der Waals surface area contributed by atoms with Crippen LogP contribution in [0.25, 0.3) is 0 Å². The number of methoxy groups -OCH3 is 1. The molecule has 2 aliphatic rings. The van der Waals surface area contributed by atoms with E-state index in [-0.39, 0.29) is 12.0 Å². The molecule has 2 N–H and O–H groups in total. The highest BCUT2D eigenvalue weighted by Gasteiger charge is 2.22. The van der Waals surface area contributed by atoms with E-state index in [1.807, 2.05) is 13.0 Å². The predicted octanol–water partition coefficient (Wildman–Crippen LogP) is 3.18. The van der Waals surface area contributed by atoms with Crippen molar-refractivity contribution in [1.82, 2.24) is 5.32 Å². The Bertz CT molecular complexity index is 576. The Morgan fingerprint density at radius 2 is 2.17 bits per heavy atom. The molecule has 1 aromatic carbocycles. The molecule has 1 amide bonds. The van der Waals surface area contributed by atoms with Crippen LogP contribution in [0.5, 0.6) is 5.75 Å². The van der Waals surface area contributed by atoms with Crippen molar-refractivity contribution in [2.75, 3.05) is 32.1 Å². The van der Waals surface area contributed by atoms with Crippen LogP contribution in [0.15, 0.2) is 12.1 Å². The molecule has 1 atom stereocenters. The van der Waals surface area contributed by atoms with E-state index >= 15 is 0 Å². The highest BCUT2D eigenvalue weighted by Crippen LogP contribution is 2.34. The van der Waals surface area contributed by atoms with Crippen molar-refractivity contribution in [1.29, 1.82) is 0 Å². The fourth-order valence-electron chi connectivity index (χ4n) is 3.74. The van der Waals surface area contributed by atoms with E-state index in [4.69, 9.17) is 9.47 Å². The SMILES string of the molecule is COc1cc(C2CNCCO2)cc(C)c1NC(=O)CC1CCCC1. The minimum Gasteiger partial charge on any atom is -0.495 e. The second kappa shape index (κ2) is 7.99. The summed E-state index contributed by atoms with van der Waals surface area (Å²) in [5, 5.41) is 6.41. The molecule has 1 aliphatic carbocycles. The van der Waals surface area contributed by atoms with Gasteiger partial charge in [-0.1, -0.05) is 18.9 Å². The second-order valence-corrected chi connectivity index (χ2v) is 6.88. The standard InChI is InChI=1S/C19H28N2O3/c1-13-9-15(17-12-20-7-8-24-17)11-16(23-2)19(13)21-18(22)10-14-5-3-4-6-14/h9,11,14,17,20H,3-8,10,12H2,1-2H3,(H,21,22). The van der Waals surface area contributed by atoms with Crippen molar-refractivity contribution in [3.63, 3.8) is 0 Å². The molecule has 5 nitrogen and oxygen atoms in total. The number of hydrogen-bond acceptors (Lipinski definition) is 4. The average Bonchev–Trinajstić information content (AvgIpc) is 3.10. The molecule has 1 heterocycles. The number of anilines is 1. The van der Waals surface area contributed by atoms with E-state index in [0.717, 1.165) is 29.9 Å². The van der Waals surface area contributed by atoms with E-state index in [9.17, 15) is 4.79 Å². The van der Waals surface area contributed by atoms with Gasteiger partial charge >= 0.3 is 0 Å². The van der Waals surface area contributed by atoms with Gasteiger partial charge in [0.25, 0.3) is 0 Å². The van der Waals surface area contributed by atoms with Crippen molar-refractivity contribution in [2.45, 2.75) is 45.1 Å². The molecule has 132 valence electrons. The molecule has 1 saturated heterocycles. The summed E-state index contributed by atoms with van der Waals surface area (Å²) in [5.41, 5.74) is 2.89. The number of ether oxygens (including phenoxy) is 2. The fraction of sp³-hybridized carbons (Fsp3) is 0.632. The summed E-state index contributed by atoms with van der Waals surface area (Å²) in [5.74, 6) is 1.34. The first-order valence-electron chi connectivity index (χ1n) is 8.98. The lowest BCUT2D eigenvalue weighted by atomic mass is 10.0. The molecule has 24 heavy (non-hydrogen) atoms. The first kappa shape index (κ1) is 17.2. The molecular weight excluding hydrogens is 304 g/mol. The number of benzene rings is 1. The first-order valence-corrected chi connectivity index (χ1v) is 8.98. The zero-order valence-electron chi connectivity index (χ0n) is 14.7. The second-order valence-electron chi connectivity index (χ2n) is 6.88. The molecule has 0 bridgehead atoms. The van der Waals surface area contributed by atoms with E-state index in [1.54, 1.807) is 7.11 Å². The maximum atomic E-state index is 12.4. The smallest absolute Gasteiger partial charge is 0.224 e. The Hall–Kier alpha value is -1.59. The molecule has 3 rings (SSSR count). The van der Waals surface area contributed by atoms with Gasteiger partial charge in [-0.3, -0.25) is 4.79 Å². The zero-order valence-corrected chi connectivity index (χ0v) is 14.7. The number of carbonyl (C=O) groups is 1. The lowest BCUT2D eigenvalue weighted by Crippen LogP contribution is -2.33. The number of hydrogen-bond donors (Lipinski definition) is 2. The number of morpholine rings is 1. The van der Waals surface area contributed by atoms with Crippen molar-refractivity contribution < 1.29 is 14.3 Å². The van der Waals surface area contributed by atoms with Gasteiger partial charge in [-0.2, -0.15) is 0 Å². The normalized spacial score (nSPS) is 21.7. The van der Waals surface area contributed by atoms with Gasteiger partial charge in [0.2, 0.25) is 5.91 Å². The highest BCUT2D eigenvalue weighted by atomic mass is 16.5. The Morgan fingerprint density at radius 3 is 2.83 bits per heavy atom. The molecule has 1 unspecified atom stereocenters. The van der Waals surface area contributed by atoms with Crippen LogP contribution < -0.4 is 15.4 Å². The van der Waals surface area contributed by atoms with E-state index in [0.29, 0.717) is 24.7 Å². The number of amides is 1. The lowest BCUT2D eigenvalue weighted by molar-refractivity contribution is -0.117. The average molecular weight is 332 g/mol. The first-order chi connectivity index (χ1) is 11.7. The molecule has 0 spiro atoms. The number of rotatable bonds is 5. The zero-order chi connectivity index (χ0) is 16.9. The summed E-state index contributed by atoms with van der Waals surface area (Å²) in [7, 11) is 1.64. The van der Waals surface area contributed by atoms with Crippen LogP contribution >= 0.6 is 0 Å². The van der Waals surface area contributed by atoms with Gasteiger partial charge in [-0.05, 0) is 42.9 Å². The van der Waals surface area contributed by atoms with Gasteiger partial charge in [-0.15, -0.1) is 0 Å². The van der Waals surface area contributed by atoms with Crippen LogP contribution in [0.2, 0.25) is 0 Å². The van der Waals surface area contributed by atoms with Crippen molar-refractivity contribution in [3.05, 3.63) is 23.3 Å². The summed E-state index contributed by atoms with van der Waals surface area (Å²) in [6, 6.07) is 4.07. The molecule has 5 heteroatoms. The molecule has 1 aromatic rings. The van der Waals surface area contributed by atoms with E-state index in [2.05, 4.69) is 16.7 Å². The van der Waals surface area contributed by atoms with Crippen LogP contribution in [0.4, 0.5) is 5.69 Å². The van der Waals surface area contributed by atoms with Crippen LogP contribution in [0.1, 0.15) is 49.3 Å². The van der Waals surface area contributed by atoms with Crippen molar-refractivity contribution in [2.24, 2.45) is 5.92 Å². The Balaban J connectivity index is 1.73. The maximum Gasteiger partial charge on any atom is 0.224 e. The third kappa shape index (κ3) is 4.08. The van der Waals surface area contributed by atoms with Crippen LogP contribution in [-0.4, -0.2) is 32.7 Å². The third-order valence-electron chi connectivity index (χ3n) is 5.05. The third-order valence-corrected chi connectivity index (χ3v) is 5.05. The minimum absolute atomic E-state index is 0.0367. The van der Waals surface area contributed by atoms with Gasteiger partial charge < -0.3 is 20.1 Å². The fourth-order valence-corrected chi connectivity index (χ4v) is 3.74. The summed E-state index contributed by atoms with van der Waals surface area (Å²) in [4.78, 5) is 12.4. The van der Waals surface area contributed by atoms with E-state index in [1.165, 1.54) is 25.7 Å². The summed E-state index contributed by atoms with van der Waals surface area (Å²) in [6.45, 7) is 4.41. The summed E-state index contributed by atoms with van der Waals surface area (Å²) in [6.07, 6.45) is 5.51. The van der Waals surface area contributed by atoms with Crippen molar-refractivity contribution in [3.8, 4) is 5.75 Å². The van der Waals surface area contributed by atoms with Gasteiger partial charge in [0, 0.05) is 19.5 Å². The lowest BCUT2D eigenvalue weighted by Gasteiger charge is -2.25. The Morgan fingerprint density at radius 1 is 1.38 bits per heavy atom. The summed E-state index contributed by atoms with van der Waals surface area (Å²) >= 11 is 0. The molecule has 1 saturated carbocycles. The number of aryl methyl sites for hydroxylation is 1. The predicted molar refractivity (Wildman–Crippen MR) is 94.5 cm³/mol. The minimum atomic E-state index is 0.0367. The van der Waals surface area contributed by atoms with Crippen molar-refractivity contribution >= 4 is 11.6 Å². The maximum absolute atomic E-state index is 12.4.